The predicted octanol–water partition coefficient (Wildman–Crippen LogP) is 3.52. The number of ether oxygens (including phenoxy) is 2. The van der Waals surface area contributed by atoms with E-state index in [0.717, 1.165) is 23.2 Å². The smallest absolute Gasteiger partial charge is 0.223 e. The van der Waals surface area contributed by atoms with Crippen LogP contribution in [-0.4, -0.2) is 23.2 Å². The van der Waals surface area contributed by atoms with Crippen molar-refractivity contribution in [2.75, 3.05) is 18.5 Å². The first-order valence-electron chi connectivity index (χ1n) is 7.25. The van der Waals surface area contributed by atoms with Crippen LogP contribution >= 0.6 is 11.6 Å². The second kappa shape index (κ2) is 6.40. The Balaban J connectivity index is 1.76. The van der Waals surface area contributed by atoms with Crippen molar-refractivity contribution in [3.8, 4) is 11.5 Å². The third-order valence-corrected chi connectivity index (χ3v) is 3.82. The molecule has 0 amide bonds. The summed E-state index contributed by atoms with van der Waals surface area (Å²) in [6.07, 6.45) is 2.67. The highest BCUT2D eigenvalue weighted by Crippen LogP contribution is 2.38. The number of hydrogen-bond acceptors (Lipinski definition) is 5. The van der Waals surface area contributed by atoms with Gasteiger partial charge in [-0.3, -0.25) is 0 Å². The van der Waals surface area contributed by atoms with Gasteiger partial charge in [0.05, 0.1) is 18.2 Å². The molecular weight excluding hydrogens is 302 g/mol. The van der Waals surface area contributed by atoms with E-state index < -0.39 is 0 Å². The summed E-state index contributed by atoms with van der Waals surface area (Å²) in [6, 6.07) is 3.82. The molecule has 0 bridgehead atoms. The lowest BCUT2D eigenvalue weighted by atomic mass is 10.2. The Morgan fingerprint density at radius 2 is 2.05 bits per heavy atom. The van der Waals surface area contributed by atoms with Gasteiger partial charge in [0.1, 0.15) is 0 Å². The van der Waals surface area contributed by atoms with Crippen LogP contribution in [0.2, 0.25) is 5.02 Å². The molecule has 1 N–H and O–H groups in total. The lowest BCUT2D eigenvalue weighted by molar-refractivity contribution is 0.297. The first kappa shape index (κ1) is 14.9. The fraction of sp³-hybridized carbons (Fsp3) is 0.375. The molecule has 116 valence electrons. The molecule has 3 rings (SSSR count). The van der Waals surface area contributed by atoms with E-state index in [9.17, 15) is 0 Å². The quantitative estimate of drug-likeness (QED) is 0.938. The molecule has 22 heavy (non-hydrogen) atoms. The van der Waals surface area contributed by atoms with Gasteiger partial charge in [-0.05, 0) is 37.1 Å². The second-order valence-corrected chi connectivity index (χ2v) is 5.68. The molecule has 0 radical (unpaired) electrons. The summed E-state index contributed by atoms with van der Waals surface area (Å²) < 4.78 is 11.3. The predicted molar refractivity (Wildman–Crippen MR) is 85.9 cm³/mol. The maximum Gasteiger partial charge on any atom is 0.223 e. The number of rotatable bonds is 3. The maximum absolute atomic E-state index is 6.28. The summed E-state index contributed by atoms with van der Waals surface area (Å²) in [5.74, 6) is 1.93. The molecule has 5 nitrogen and oxygen atoms in total. The van der Waals surface area contributed by atoms with Gasteiger partial charge in [0.15, 0.2) is 11.5 Å². The molecule has 0 saturated carbocycles. The molecule has 0 atom stereocenters. The van der Waals surface area contributed by atoms with Crippen LogP contribution in [0.1, 0.15) is 23.2 Å². The van der Waals surface area contributed by atoms with Gasteiger partial charge in [0.25, 0.3) is 0 Å². The monoisotopic (exact) mass is 319 g/mol. The number of nitrogens with one attached hydrogen (secondary N) is 1. The number of nitrogens with zero attached hydrogens (tertiary/aromatic N) is 2. The van der Waals surface area contributed by atoms with E-state index in [0.29, 0.717) is 42.2 Å². The van der Waals surface area contributed by atoms with Crippen LogP contribution in [0, 0.1) is 13.8 Å². The van der Waals surface area contributed by atoms with Gasteiger partial charge in [0, 0.05) is 24.9 Å². The van der Waals surface area contributed by atoms with Crippen molar-refractivity contribution in [1.82, 2.24) is 9.97 Å². The fourth-order valence-corrected chi connectivity index (χ4v) is 2.47. The lowest BCUT2D eigenvalue weighted by Gasteiger charge is -2.12. The van der Waals surface area contributed by atoms with Gasteiger partial charge < -0.3 is 14.8 Å². The van der Waals surface area contributed by atoms with Gasteiger partial charge in [-0.15, -0.1) is 0 Å². The molecular formula is C16H18ClN3O2. The number of benzene rings is 1. The molecule has 0 fully saturated rings. The van der Waals surface area contributed by atoms with Crippen molar-refractivity contribution >= 4 is 17.5 Å². The van der Waals surface area contributed by atoms with E-state index in [1.807, 2.05) is 32.2 Å². The SMILES string of the molecule is Cc1cnc(NCc2cc(Cl)c3c(c2)OCCCO3)nc1C. The third-order valence-electron chi connectivity index (χ3n) is 3.54. The van der Waals surface area contributed by atoms with Crippen LogP contribution in [0.25, 0.3) is 0 Å². The van der Waals surface area contributed by atoms with E-state index >= 15 is 0 Å². The molecule has 1 aliphatic heterocycles. The Bertz CT molecular complexity index is 691. The van der Waals surface area contributed by atoms with Gasteiger partial charge in [-0.25, -0.2) is 9.97 Å². The minimum atomic E-state index is 0.567. The Hall–Kier alpha value is -2.01. The Kier molecular flexibility index (Phi) is 4.34. The van der Waals surface area contributed by atoms with Crippen molar-refractivity contribution in [2.45, 2.75) is 26.8 Å². The van der Waals surface area contributed by atoms with Gasteiger partial charge in [-0.2, -0.15) is 0 Å². The average molecular weight is 320 g/mol. The lowest BCUT2D eigenvalue weighted by Crippen LogP contribution is -2.05. The molecule has 6 heteroatoms. The summed E-state index contributed by atoms with van der Waals surface area (Å²) in [5, 5.41) is 3.77. The van der Waals surface area contributed by atoms with E-state index in [4.69, 9.17) is 21.1 Å². The molecule has 0 aliphatic carbocycles. The number of aromatic nitrogens is 2. The summed E-state index contributed by atoms with van der Waals surface area (Å²) in [5.41, 5.74) is 3.04. The van der Waals surface area contributed by atoms with Crippen LogP contribution in [0.3, 0.4) is 0 Å². The van der Waals surface area contributed by atoms with Crippen LogP contribution in [0.5, 0.6) is 11.5 Å². The number of hydrogen-bond donors (Lipinski definition) is 1. The van der Waals surface area contributed by atoms with Crippen molar-refractivity contribution < 1.29 is 9.47 Å². The highest BCUT2D eigenvalue weighted by Gasteiger charge is 2.15. The molecule has 0 saturated heterocycles. The summed E-state index contributed by atoms with van der Waals surface area (Å²) in [6.45, 7) is 5.79. The third kappa shape index (κ3) is 3.25. The number of aryl methyl sites for hydroxylation is 2. The van der Waals surface area contributed by atoms with Gasteiger partial charge >= 0.3 is 0 Å². The van der Waals surface area contributed by atoms with Gasteiger partial charge in [-0.1, -0.05) is 11.6 Å². The summed E-state index contributed by atoms with van der Waals surface area (Å²) >= 11 is 6.28. The van der Waals surface area contributed by atoms with Crippen LogP contribution in [-0.2, 0) is 6.54 Å². The van der Waals surface area contributed by atoms with Crippen molar-refractivity contribution in [1.29, 1.82) is 0 Å². The number of anilines is 1. The maximum atomic E-state index is 6.28. The minimum Gasteiger partial charge on any atom is -0.489 e. The van der Waals surface area contributed by atoms with E-state index in [2.05, 4.69) is 15.3 Å². The number of halogens is 1. The Labute approximate surface area is 134 Å². The highest BCUT2D eigenvalue weighted by atomic mass is 35.5. The van der Waals surface area contributed by atoms with E-state index in [1.54, 1.807) is 0 Å². The van der Waals surface area contributed by atoms with Crippen LogP contribution < -0.4 is 14.8 Å². The zero-order valence-electron chi connectivity index (χ0n) is 12.6. The van der Waals surface area contributed by atoms with Crippen LogP contribution in [0.15, 0.2) is 18.3 Å². The number of fused-ring (bicyclic) bond motifs is 1. The second-order valence-electron chi connectivity index (χ2n) is 5.27. The molecule has 2 heterocycles. The molecule has 1 aromatic carbocycles. The standard InChI is InChI=1S/C16H18ClN3O2/c1-10-8-18-16(20-11(10)2)19-9-12-6-13(17)15-14(7-12)21-4-3-5-22-15/h6-8H,3-5,9H2,1-2H3,(H,18,19,20). The Morgan fingerprint density at radius 3 is 2.86 bits per heavy atom. The largest absolute Gasteiger partial charge is 0.489 e. The normalized spacial score (nSPS) is 13.6. The first-order chi connectivity index (χ1) is 10.6. The summed E-state index contributed by atoms with van der Waals surface area (Å²) in [7, 11) is 0. The molecule has 2 aromatic rings. The molecule has 0 unspecified atom stereocenters. The molecule has 1 aromatic heterocycles. The fourth-order valence-electron chi connectivity index (χ4n) is 2.18. The topological polar surface area (TPSA) is 56.3 Å². The molecule has 0 spiro atoms. The minimum absolute atomic E-state index is 0.567. The van der Waals surface area contributed by atoms with Crippen molar-refractivity contribution in [3.05, 3.63) is 40.2 Å². The molecule has 1 aliphatic rings. The first-order valence-corrected chi connectivity index (χ1v) is 7.63. The average Bonchev–Trinajstić information content (AvgIpc) is 2.74. The van der Waals surface area contributed by atoms with Gasteiger partial charge in [0.2, 0.25) is 5.95 Å². The summed E-state index contributed by atoms with van der Waals surface area (Å²) in [4.78, 5) is 8.67. The highest BCUT2D eigenvalue weighted by molar-refractivity contribution is 6.32. The van der Waals surface area contributed by atoms with E-state index in [1.165, 1.54) is 0 Å². The van der Waals surface area contributed by atoms with Crippen LogP contribution in [0.4, 0.5) is 5.95 Å². The van der Waals surface area contributed by atoms with Crippen molar-refractivity contribution in [2.24, 2.45) is 0 Å². The van der Waals surface area contributed by atoms with E-state index in [-0.39, 0.29) is 0 Å². The zero-order valence-corrected chi connectivity index (χ0v) is 13.4. The van der Waals surface area contributed by atoms with Crippen molar-refractivity contribution in [3.63, 3.8) is 0 Å². The zero-order chi connectivity index (χ0) is 15.5. The Morgan fingerprint density at radius 1 is 1.23 bits per heavy atom.